The summed E-state index contributed by atoms with van der Waals surface area (Å²) in [5, 5.41) is 7.46. The van der Waals surface area contributed by atoms with E-state index in [1.54, 1.807) is 12.1 Å². The normalized spacial score (nSPS) is 13.4. The molecule has 0 N–H and O–H groups in total. The second-order valence-electron chi connectivity index (χ2n) is 10.2. The number of hydrogen-bond acceptors (Lipinski definition) is 1. The van der Waals surface area contributed by atoms with Gasteiger partial charge < -0.3 is 4.90 Å². The van der Waals surface area contributed by atoms with Gasteiger partial charge in [0.05, 0.1) is 5.69 Å². The highest BCUT2D eigenvalue weighted by atomic mass is 19.1. The molecule has 0 atom stereocenters. The lowest BCUT2D eigenvalue weighted by molar-refractivity contribution is 0.629. The molecule has 0 amide bonds. The van der Waals surface area contributed by atoms with E-state index in [0.29, 0.717) is 0 Å². The predicted molar refractivity (Wildman–Crippen MR) is 155 cm³/mol. The highest BCUT2D eigenvalue weighted by Crippen LogP contribution is 2.46. The molecule has 170 valence electrons. The van der Waals surface area contributed by atoms with Crippen LogP contribution in [0.5, 0.6) is 0 Å². The Morgan fingerprint density at radius 3 is 2.08 bits per heavy atom. The first-order chi connectivity index (χ1) is 18.3. The van der Waals surface area contributed by atoms with Crippen LogP contribution in [0.15, 0.2) is 115 Å². The van der Waals surface area contributed by atoms with Crippen molar-refractivity contribution in [2.24, 2.45) is 0 Å². The zero-order chi connectivity index (χ0) is 24.2. The lowest BCUT2D eigenvalue weighted by Gasteiger charge is -2.36. The van der Waals surface area contributed by atoms with Crippen molar-refractivity contribution in [3.63, 3.8) is 0 Å². The van der Waals surface area contributed by atoms with Crippen molar-refractivity contribution in [3.8, 4) is 11.1 Å². The van der Waals surface area contributed by atoms with E-state index in [4.69, 9.17) is 0 Å². The monoisotopic (exact) mass is 471 g/mol. The summed E-state index contributed by atoms with van der Waals surface area (Å²) in [6, 6.07) is 40.3. The molecule has 0 spiro atoms. The standard InChI is InChI=1S/C34H19BFN/c36-23-18-26-24-8-1-2-9-27(24)35-28-10-3-4-11-30(28)37(31(19-23)34(26)35)29-17-15-22-13-12-20-6-5-7-21-14-16-25(29)33(22)32(20)21/h1-19H. The summed E-state index contributed by atoms with van der Waals surface area (Å²) in [5.41, 5.74) is 8.99. The van der Waals surface area contributed by atoms with Gasteiger partial charge in [-0.25, -0.2) is 4.39 Å². The van der Waals surface area contributed by atoms with Crippen molar-refractivity contribution in [1.82, 2.24) is 0 Å². The van der Waals surface area contributed by atoms with Gasteiger partial charge in [-0.2, -0.15) is 0 Å². The van der Waals surface area contributed by atoms with Crippen LogP contribution in [0, 0.1) is 5.82 Å². The van der Waals surface area contributed by atoms with Crippen molar-refractivity contribution >= 4 is 72.5 Å². The fraction of sp³-hybridized carbons (Fsp3) is 0. The first-order valence-electron chi connectivity index (χ1n) is 12.8. The Morgan fingerprint density at radius 1 is 0.514 bits per heavy atom. The van der Waals surface area contributed by atoms with E-state index in [1.165, 1.54) is 48.7 Å². The molecule has 3 heteroatoms. The molecule has 0 unspecified atom stereocenters. The number of rotatable bonds is 1. The summed E-state index contributed by atoms with van der Waals surface area (Å²) >= 11 is 0. The lowest BCUT2D eigenvalue weighted by Crippen LogP contribution is -2.54. The molecule has 0 fully saturated rings. The maximum atomic E-state index is 15.3. The number of nitrogens with zero attached hydrogens (tertiary/aromatic N) is 1. The van der Waals surface area contributed by atoms with E-state index in [2.05, 4.69) is 108 Å². The zero-order valence-corrected chi connectivity index (χ0v) is 19.9. The molecular weight excluding hydrogens is 452 g/mol. The van der Waals surface area contributed by atoms with Gasteiger partial charge in [0.2, 0.25) is 6.71 Å². The third kappa shape index (κ3) is 2.39. The molecule has 2 heterocycles. The average Bonchev–Trinajstić information content (AvgIpc) is 3.27. The minimum atomic E-state index is -0.203. The SMILES string of the molecule is Fc1cc2c3c(c1)N(c1ccc4ccc5cccc6ccc1c4c56)c1ccccc1B3c1ccccc1-2. The Kier molecular flexibility index (Phi) is 3.58. The van der Waals surface area contributed by atoms with Crippen LogP contribution in [0.3, 0.4) is 0 Å². The number of halogens is 1. The van der Waals surface area contributed by atoms with Gasteiger partial charge in [0, 0.05) is 16.8 Å². The van der Waals surface area contributed by atoms with Crippen LogP contribution in [-0.2, 0) is 0 Å². The summed E-state index contributed by atoms with van der Waals surface area (Å²) in [6.45, 7) is 0.106. The van der Waals surface area contributed by atoms with E-state index < -0.39 is 0 Å². The summed E-state index contributed by atoms with van der Waals surface area (Å²) in [4.78, 5) is 2.30. The fourth-order valence-corrected chi connectivity index (χ4v) is 7.03. The molecule has 9 rings (SSSR count). The van der Waals surface area contributed by atoms with Crippen LogP contribution in [0.25, 0.3) is 43.4 Å². The number of benzene rings is 7. The first-order valence-corrected chi connectivity index (χ1v) is 12.8. The molecular formula is C34H19BFN. The molecule has 2 aliphatic rings. The van der Waals surface area contributed by atoms with E-state index in [-0.39, 0.29) is 12.5 Å². The third-order valence-electron chi connectivity index (χ3n) is 8.45. The molecule has 1 nitrogen and oxygen atoms in total. The highest BCUT2D eigenvalue weighted by Gasteiger charge is 2.42. The second-order valence-corrected chi connectivity index (χ2v) is 10.2. The average molecular weight is 471 g/mol. The van der Waals surface area contributed by atoms with E-state index in [0.717, 1.165) is 28.2 Å². The number of anilines is 3. The molecule has 0 saturated carbocycles. The second kappa shape index (κ2) is 6.77. The van der Waals surface area contributed by atoms with Gasteiger partial charge in [0.15, 0.2) is 0 Å². The van der Waals surface area contributed by atoms with Gasteiger partial charge in [0.1, 0.15) is 5.82 Å². The molecule has 7 aromatic carbocycles. The topological polar surface area (TPSA) is 3.24 Å². The maximum absolute atomic E-state index is 15.3. The van der Waals surface area contributed by atoms with Crippen molar-refractivity contribution in [2.75, 3.05) is 4.90 Å². The van der Waals surface area contributed by atoms with Gasteiger partial charge >= 0.3 is 0 Å². The smallest absolute Gasteiger partial charge is 0.248 e. The minimum absolute atomic E-state index is 0.106. The number of fused-ring (bicyclic) bond motifs is 5. The van der Waals surface area contributed by atoms with Crippen LogP contribution in [0.1, 0.15) is 0 Å². The molecule has 0 saturated heterocycles. The molecule has 2 aliphatic heterocycles. The van der Waals surface area contributed by atoms with Crippen LogP contribution in [-0.4, -0.2) is 6.71 Å². The van der Waals surface area contributed by atoms with Crippen molar-refractivity contribution in [3.05, 3.63) is 121 Å². The predicted octanol–water partition coefficient (Wildman–Crippen LogP) is 7.00. The van der Waals surface area contributed by atoms with E-state index >= 15 is 4.39 Å². The minimum Gasteiger partial charge on any atom is -0.311 e. The van der Waals surface area contributed by atoms with Crippen molar-refractivity contribution in [1.29, 1.82) is 0 Å². The largest absolute Gasteiger partial charge is 0.311 e. The zero-order valence-electron chi connectivity index (χ0n) is 19.9. The number of hydrogen-bond donors (Lipinski definition) is 0. The lowest BCUT2D eigenvalue weighted by atomic mass is 9.37. The molecule has 0 radical (unpaired) electrons. The Hall–Kier alpha value is -4.63. The first kappa shape index (κ1) is 19.6. The summed E-state index contributed by atoms with van der Waals surface area (Å²) in [6.07, 6.45) is 0. The van der Waals surface area contributed by atoms with Gasteiger partial charge in [-0.3, -0.25) is 0 Å². The number of para-hydroxylation sites is 1. The Balaban J connectivity index is 1.43. The summed E-state index contributed by atoms with van der Waals surface area (Å²) < 4.78 is 15.3. The quantitative estimate of drug-likeness (QED) is 0.184. The maximum Gasteiger partial charge on any atom is 0.248 e. The molecule has 7 aromatic rings. The van der Waals surface area contributed by atoms with Crippen LogP contribution in [0.2, 0.25) is 0 Å². The Morgan fingerprint density at radius 2 is 1.22 bits per heavy atom. The van der Waals surface area contributed by atoms with Crippen LogP contribution in [0.4, 0.5) is 21.5 Å². The third-order valence-corrected chi connectivity index (χ3v) is 8.45. The van der Waals surface area contributed by atoms with Crippen LogP contribution < -0.4 is 21.3 Å². The van der Waals surface area contributed by atoms with Gasteiger partial charge in [-0.15, -0.1) is 0 Å². The molecule has 0 aromatic heterocycles. The van der Waals surface area contributed by atoms with Crippen LogP contribution >= 0.6 is 0 Å². The molecule has 0 aliphatic carbocycles. The highest BCUT2D eigenvalue weighted by molar-refractivity contribution is 7.01. The van der Waals surface area contributed by atoms with E-state index in [1.807, 2.05) is 0 Å². The summed E-state index contributed by atoms with van der Waals surface area (Å²) in [7, 11) is 0. The molecule has 37 heavy (non-hydrogen) atoms. The van der Waals surface area contributed by atoms with Gasteiger partial charge in [-0.1, -0.05) is 96.5 Å². The molecule has 0 bridgehead atoms. The van der Waals surface area contributed by atoms with E-state index in [9.17, 15) is 0 Å². The van der Waals surface area contributed by atoms with Crippen molar-refractivity contribution < 1.29 is 4.39 Å². The van der Waals surface area contributed by atoms with Gasteiger partial charge in [-0.05, 0) is 73.2 Å². The Labute approximate surface area is 213 Å². The van der Waals surface area contributed by atoms with Gasteiger partial charge in [0.25, 0.3) is 0 Å². The Bertz CT molecular complexity index is 2060. The van der Waals surface area contributed by atoms with Crippen molar-refractivity contribution in [2.45, 2.75) is 0 Å². The summed E-state index contributed by atoms with van der Waals surface area (Å²) in [5.74, 6) is -0.203. The fourth-order valence-electron chi connectivity index (χ4n) is 7.03.